The number of esters is 1. The Labute approximate surface area is 215 Å². The fourth-order valence-electron chi connectivity index (χ4n) is 8.01. The van der Waals surface area contributed by atoms with Crippen LogP contribution in [0.2, 0.25) is 0 Å². The molecule has 37 heavy (non-hydrogen) atoms. The molecule has 0 radical (unpaired) electrons. The molecule has 4 aliphatic carbocycles. The smallest absolute Gasteiger partial charge is 0.305 e. The van der Waals surface area contributed by atoms with Crippen LogP contribution in [0.4, 0.5) is 8.78 Å². The Bertz CT molecular complexity index is 1190. The number of hydrogen-bond acceptors (Lipinski definition) is 6. The van der Waals surface area contributed by atoms with Gasteiger partial charge in [-0.3, -0.25) is 14.4 Å². The molecular weight excluding hydrogens is 482 g/mol. The van der Waals surface area contributed by atoms with Crippen LogP contribution in [0.25, 0.3) is 0 Å². The summed E-state index contributed by atoms with van der Waals surface area (Å²) in [5.41, 5.74) is -4.53. The normalized spacial score (nSPS) is 42.7. The van der Waals surface area contributed by atoms with Gasteiger partial charge in [0.05, 0.1) is 12.4 Å². The van der Waals surface area contributed by atoms with E-state index in [4.69, 9.17) is 9.15 Å². The second kappa shape index (κ2) is 8.72. The van der Waals surface area contributed by atoms with Crippen LogP contribution in [0, 0.1) is 28.6 Å². The molecule has 6 nitrogen and oxygen atoms in total. The molecule has 3 fully saturated rings. The highest BCUT2D eigenvalue weighted by Gasteiger charge is 2.73. The summed E-state index contributed by atoms with van der Waals surface area (Å²) in [6.45, 7) is 7.09. The van der Waals surface area contributed by atoms with E-state index in [1.807, 2.05) is 13.8 Å². The SMILES string of the molecule is CCC(=O)O[C@H]1[C@H](C)C[C@H]2[C@@H]3C[C@H](F)C4=CC(=O)C(CC(=O)c5ccco5)=C[C@]4(C)[C@@]3(F)[C@@H](O)C[C@@]21C. The van der Waals surface area contributed by atoms with E-state index in [2.05, 4.69) is 0 Å². The van der Waals surface area contributed by atoms with Gasteiger partial charge < -0.3 is 14.3 Å². The minimum Gasteiger partial charge on any atom is -0.461 e. The maximum Gasteiger partial charge on any atom is 0.305 e. The van der Waals surface area contributed by atoms with Crippen molar-refractivity contribution in [2.24, 2.45) is 28.6 Å². The average molecular weight is 517 g/mol. The first-order chi connectivity index (χ1) is 17.4. The highest BCUT2D eigenvalue weighted by atomic mass is 19.1. The lowest BCUT2D eigenvalue weighted by atomic mass is 9.45. The van der Waals surface area contributed by atoms with Crippen molar-refractivity contribution in [3.05, 3.63) is 47.5 Å². The molecule has 9 atom stereocenters. The van der Waals surface area contributed by atoms with Crippen LogP contribution in [0.1, 0.15) is 70.4 Å². The third-order valence-electron chi connectivity index (χ3n) is 9.74. The minimum absolute atomic E-state index is 0.00751. The average Bonchev–Trinajstić information content (AvgIpc) is 3.46. The van der Waals surface area contributed by atoms with Gasteiger partial charge in [0.2, 0.25) is 5.78 Å². The highest BCUT2D eigenvalue weighted by molar-refractivity contribution is 6.11. The summed E-state index contributed by atoms with van der Waals surface area (Å²) in [6.07, 6.45) is 0.585. The zero-order valence-corrected chi connectivity index (χ0v) is 21.6. The van der Waals surface area contributed by atoms with Crippen molar-refractivity contribution in [2.45, 2.75) is 83.8 Å². The van der Waals surface area contributed by atoms with Crippen LogP contribution in [-0.4, -0.2) is 46.7 Å². The molecule has 3 saturated carbocycles. The second-order valence-electron chi connectivity index (χ2n) is 11.8. The van der Waals surface area contributed by atoms with Gasteiger partial charge in [0.15, 0.2) is 17.2 Å². The summed E-state index contributed by atoms with van der Waals surface area (Å²) in [5.74, 6) is -2.52. The van der Waals surface area contributed by atoms with Crippen molar-refractivity contribution < 1.29 is 37.4 Å². The lowest BCUT2D eigenvalue weighted by molar-refractivity contribution is -0.212. The largest absolute Gasteiger partial charge is 0.461 e. The number of hydrogen-bond donors (Lipinski definition) is 1. The maximum absolute atomic E-state index is 17.6. The molecular formula is C29H34F2O6. The first kappa shape index (κ1) is 26.0. The molecule has 1 aromatic rings. The first-order valence-electron chi connectivity index (χ1n) is 13.1. The number of carbonyl (C=O) groups is 3. The Morgan fingerprint density at radius 1 is 1.24 bits per heavy atom. The van der Waals surface area contributed by atoms with E-state index < -0.39 is 52.4 Å². The molecule has 0 unspecified atom stereocenters. The Morgan fingerprint density at radius 3 is 2.62 bits per heavy atom. The molecule has 0 saturated heterocycles. The number of halogens is 2. The molecule has 0 bridgehead atoms. The number of allylic oxidation sites excluding steroid dienone is 4. The van der Waals surface area contributed by atoms with Gasteiger partial charge in [-0.2, -0.15) is 0 Å². The molecule has 0 aromatic carbocycles. The van der Waals surface area contributed by atoms with Crippen LogP contribution >= 0.6 is 0 Å². The minimum atomic E-state index is -2.27. The van der Waals surface area contributed by atoms with Crippen LogP contribution < -0.4 is 0 Å². The van der Waals surface area contributed by atoms with Crippen molar-refractivity contribution in [2.75, 3.05) is 0 Å². The van der Waals surface area contributed by atoms with Gasteiger partial charge >= 0.3 is 5.97 Å². The van der Waals surface area contributed by atoms with Crippen molar-refractivity contribution in [3.8, 4) is 0 Å². The Kier molecular flexibility index (Phi) is 6.13. The molecule has 8 heteroatoms. The van der Waals surface area contributed by atoms with Crippen molar-refractivity contribution in [3.63, 3.8) is 0 Å². The summed E-state index contributed by atoms with van der Waals surface area (Å²) in [7, 11) is 0. The quantitative estimate of drug-likeness (QED) is 0.432. The van der Waals surface area contributed by atoms with E-state index in [-0.39, 0.29) is 60.4 Å². The van der Waals surface area contributed by atoms with E-state index in [9.17, 15) is 19.5 Å². The third kappa shape index (κ3) is 3.62. The number of aliphatic hydroxyl groups excluding tert-OH is 1. The standard InChI is InChI=1S/C29H34F2O6/c1-5-25(35)37-26-15(2)9-17-18-11-20(30)19-12-21(32)16(10-22(33)23-7-6-8-36-23)13-28(19,4)29(18,31)24(34)14-27(17,26)3/h6-8,12-13,15,17-18,20,24,26,34H,5,9-11,14H2,1-4H3/t15-,17+,18+,20+,24+,26+,27+,28+,29+/m1/s1. The summed E-state index contributed by atoms with van der Waals surface area (Å²) in [5, 5.41) is 11.5. The summed E-state index contributed by atoms with van der Waals surface area (Å²) in [4.78, 5) is 37.8. The Hall–Kier alpha value is -2.61. The highest BCUT2D eigenvalue weighted by Crippen LogP contribution is 2.69. The summed E-state index contributed by atoms with van der Waals surface area (Å²) in [6, 6.07) is 3.04. The van der Waals surface area contributed by atoms with Crippen molar-refractivity contribution >= 4 is 17.5 Å². The van der Waals surface area contributed by atoms with E-state index in [1.165, 1.54) is 25.3 Å². The monoisotopic (exact) mass is 516 g/mol. The van der Waals surface area contributed by atoms with E-state index in [1.54, 1.807) is 13.0 Å². The number of ketones is 2. The van der Waals surface area contributed by atoms with Gasteiger partial charge in [0.25, 0.3) is 0 Å². The molecule has 5 rings (SSSR count). The molecule has 200 valence electrons. The zero-order valence-electron chi connectivity index (χ0n) is 21.6. The summed E-state index contributed by atoms with van der Waals surface area (Å²) < 4.78 is 44.3. The van der Waals surface area contributed by atoms with Crippen molar-refractivity contribution in [1.82, 2.24) is 0 Å². The van der Waals surface area contributed by atoms with Crippen LogP contribution in [0.15, 0.2) is 46.1 Å². The van der Waals surface area contributed by atoms with Crippen LogP contribution in [0.5, 0.6) is 0 Å². The molecule has 1 heterocycles. The predicted octanol–water partition coefficient (Wildman–Crippen LogP) is 5.11. The molecule has 0 spiro atoms. The maximum atomic E-state index is 17.6. The number of alkyl halides is 2. The Morgan fingerprint density at radius 2 is 1.97 bits per heavy atom. The molecule has 4 aliphatic rings. The number of ether oxygens (including phenoxy) is 1. The molecule has 0 aliphatic heterocycles. The van der Waals surface area contributed by atoms with Gasteiger partial charge in [-0.1, -0.05) is 26.8 Å². The van der Waals surface area contributed by atoms with Gasteiger partial charge in [-0.05, 0) is 61.8 Å². The lowest BCUT2D eigenvalue weighted by Gasteiger charge is -2.62. The van der Waals surface area contributed by atoms with Crippen molar-refractivity contribution in [1.29, 1.82) is 0 Å². The predicted molar refractivity (Wildman–Crippen MR) is 130 cm³/mol. The topological polar surface area (TPSA) is 93.8 Å². The molecule has 0 amide bonds. The second-order valence-corrected chi connectivity index (χ2v) is 11.8. The third-order valence-corrected chi connectivity index (χ3v) is 9.74. The first-order valence-corrected chi connectivity index (χ1v) is 13.1. The van der Waals surface area contributed by atoms with Gasteiger partial charge in [-0.25, -0.2) is 8.78 Å². The molecule has 1 N–H and O–H groups in total. The van der Waals surface area contributed by atoms with E-state index in [0.717, 1.165) is 6.08 Å². The Balaban J connectivity index is 1.55. The van der Waals surface area contributed by atoms with Crippen LogP contribution in [-0.2, 0) is 14.3 Å². The van der Waals surface area contributed by atoms with Gasteiger partial charge in [-0.15, -0.1) is 0 Å². The number of fused-ring (bicyclic) bond motifs is 5. The van der Waals surface area contributed by atoms with Gasteiger partial charge in [0, 0.05) is 35.2 Å². The fourth-order valence-corrected chi connectivity index (χ4v) is 8.01. The number of aliphatic hydroxyl groups is 1. The molecule has 1 aromatic heterocycles. The van der Waals surface area contributed by atoms with E-state index >= 15 is 8.78 Å². The van der Waals surface area contributed by atoms with Gasteiger partial charge in [0.1, 0.15) is 12.3 Å². The number of rotatable bonds is 5. The van der Waals surface area contributed by atoms with E-state index in [0.29, 0.717) is 6.42 Å². The number of carbonyl (C=O) groups excluding carboxylic acids is 3. The number of Topliss-reactive ketones (excluding diaryl/α,β-unsaturated/α-hetero) is 1. The van der Waals surface area contributed by atoms with Crippen LogP contribution in [0.3, 0.4) is 0 Å². The summed E-state index contributed by atoms with van der Waals surface area (Å²) >= 11 is 0. The fraction of sp³-hybridized carbons (Fsp3) is 0.621. The lowest BCUT2D eigenvalue weighted by Crippen LogP contribution is -2.68. The zero-order chi connectivity index (χ0) is 26.9. The number of furan rings is 1.